The number of urea groups is 1. The van der Waals surface area contributed by atoms with Gasteiger partial charge in [0.25, 0.3) is 0 Å². The van der Waals surface area contributed by atoms with Gasteiger partial charge >= 0.3 is 6.03 Å². The van der Waals surface area contributed by atoms with Gasteiger partial charge in [-0.3, -0.25) is 0 Å². The van der Waals surface area contributed by atoms with Gasteiger partial charge < -0.3 is 19.9 Å². The van der Waals surface area contributed by atoms with Crippen LogP contribution >= 0.6 is 0 Å². The summed E-state index contributed by atoms with van der Waals surface area (Å²) in [7, 11) is 1.65. The van der Waals surface area contributed by atoms with Crippen LogP contribution in [0.2, 0.25) is 0 Å². The van der Waals surface area contributed by atoms with Crippen LogP contribution in [0.5, 0.6) is 5.75 Å². The van der Waals surface area contributed by atoms with Crippen LogP contribution in [0.15, 0.2) is 42.5 Å². The van der Waals surface area contributed by atoms with E-state index in [1.807, 2.05) is 35.2 Å². The van der Waals surface area contributed by atoms with E-state index in [4.69, 9.17) is 4.74 Å². The van der Waals surface area contributed by atoms with Crippen molar-refractivity contribution >= 4 is 17.1 Å². The Morgan fingerprint density at radius 3 is 2.78 bits per heavy atom. The summed E-state index contributed by atoms with van der Waals surface area (Å²) in [5.41, 5.74) is 4.43. The molecule has 2 amide bonds. The van der Waals surface area contributed by atoms with E-state index in [1.165, 1.54) is 11.1 Å². The van der Waals surface area contributed by atoms with Crippen LogP contribution < -0.4 is 10.1 Å². The molecule has 0 unspecified atom stereocenters. The van der Waals surface area contributed by atoms with Crippen molar-refractivity contribution in [3.8, 4) is 5.75 Å². The van der Waals surface area contributed by atoms with E-state index in [0.717, 1.165) is 29.0 Å². The highest BCUT2D eigenvalue weighted by molar-refractivity contribution is 5.77. The smallest absolute Gasteiger partial charge is 0.317 e. The number of imidazole rings is 1. The number of ether oxygens (including phenoxy) is 1. The van der Waals surface area contributed by atoms with E-state index in [1.54, 1.807) is 7.11 Å². The lowest BCUT2D eigenvalue weighted by Gasteiger charge is -2.38. The minimum atomic E-state index is -0.00767. The van der Waals surface area contributed by atoms with Gasteiger partial charge in [-0.15, -0.1) is 0 Å². The van der Waals surface area contributed by atoms with Gasteiger partial charge in [-0.1, -0.05) is 18.2 Å². The molecule has 2 aromatic carbocycles. The van der Waals surface area contributed by atoms with Crippen molar-refractivity contribution in [1.82, 2.24) is 20.2 Å². The lowest BCUT2D eigenvalue weighted by Crippen LogP contribution is -2.53. The fourth-order valence-electron chi connectivity index (χ4n) is 3.37. The molecule has 0 aliphatic carbocycles. The zero-order chi connectivity index (χ0) is 18.8. The number of carbonyl (C=O) groups is 1. The highest BCUT2D eigenvalue weighted by Crippen LogP contribution is 2.27. The average molecular weight is 364 g/mol. The fraction of sp³-hybridized carbons (Fsp3) is 0.333. The number of aromatic nitrogens is 2. The van der Waals surface area contributed by atoms with Crippen LogP contribution in [0.3, 0.4) is 0 Å². The number of nitrogens with one attached hydrogen (secondary N) is 2. The van der Waals surface area contributed by atoms with Crippen LogP contribution in [0.25, 0.3) is 11.0 Å². The summed E-state index contributed by atoms with van der Waals surface area (Å²) in [6, 6.07) is 14.1. The second-order valence-electron chi connectivity index (χ2n) is 7.07. The first-order valence-corrected chi connectivity index (χ1v) is 9.24. The molecule has 1 aliphatic heterocycles. The number of amides is 2. The highest BCUT2D eigenvalue weighted by Gasteiger charge is 2.33. The molecule has 0 atom stereocenters. The molecule has 2 N–H and O–H groups in total. The summed E-state index contributed by atoms with van der Waals surface area (Å²) in [4.78, 5) is 22.2. The largest absolute Gasteiger partial charge is 0.497 e. The number of fused-ring (bicyclic) bond motifs is 1. The number of methoxy groups -OCH3 is 1. The summed E-state index contributed by atoms with van der Waals surface area (Å²) >= 11 is 0. The summed E-state index contributed by atoms with van der Waals surface area (Å²) in [6.45, 7) is 4.10. The van der Waals surface area contributed by atoms with Gasteiger partial charge in [0.2, 0.25) is 0 Å². The molecule has 27 heavy (non-hydrogen) atoms. The van der Waals surface area contributed by atoms with E-state index in [2.05, 4.69) is 34.3 Å². The maximum absolute atomic E-state index is 12.3. The molecule has 3 aromatic rings. The van der Waals surface area contributed by atoms with Crippen LogP contribution in [0, 0.1) is 6.92 Å². The van der Waals surface area contributed by atoms with Crippen molar-refractivity contribution in [3.63, 3.8) is 0 Å². The zero-order valence-corrected chi connectivity index (χ0v) is 15.7. The molecule has 0 spiro atoms. The van der Waals surface area contributed by atoms with Crippen LogP contribution in [-0.4, -0.2) is 47.6 Å². The van der Waals surface area contributed by atoms with Gasteiger partial charge in [0.15, 0.2) is 0 Å². The van der Waals surface area contributed by atoms with Gasteiger partial charge in [0, 0.05) is 19.6 Å². The SMILES string of the molecule is COc1ccc(CCNC(=O)N2CC(c3nc4ccc(C)cc4[nH]3)C2)cc1. The van der Waals surface area contributed by atoms with Crippen molar-refractivity contribution in [3.05, 3.63) is 59.4 Å². The summed E-state index contributed by atoms with van der Waals surface area (Å²) < 4.78 is 5.15. The Morgan fingerprint density at radius 2 is 2.04 bits per heavy atom. The number of carbonyl (C=O) groups excluding carboxylic acids is 1. The maximum atomic E-state index is 12.3. The van der Waals surface area contributed by atoms with Gasteiger partial charge in [-0.25, -0.2) is 9.78 Å². The van der Waals surface area contributed by atoms with E-state index in [0.29, 0.717) is 19.6 Å². The topological polar surface area (TPSA) is 70.2 Å². The third kappa shape index (κ3) is 3.74. The Morgan fingerprint density at radius 1 is 1.26 bits per heavy atom. The van der Waals surface area contributed by atoms with E-state index >= 15 is 0 Å². The molecule has 0 radical (unpaired) electrons. The lowest BCUT2D eigenvalue weighted by molar-refractivity contribution is 0.149. The molecular weight excluding hydrogens is 340 g/mol. The summed E-state index contributed by atoms with van der Waals surface area (Å²) in [5, 5.41) is 2.99. The van der Waals surface area contributed by atoms with Crippen molar-refractivity contribution in [2.75, 3.05) is 26.7 Å². The second kappa shape index (κ2) is 7.31. The molecule has 2 heterocycles. The number of H-pyrrole nitrogens is 1. The lowest BCUT2D eigenvalue weighted by atomic mass is 10.0. The first-order chi connectivity index (χ1) is 13.1. The predicted molar refractivity (Wildman–Crippen MR) is 105 cm³/mol. The van der Waals surface area contributed by atoms with Gasteiger partial charge in [0.05, 0.1) is 24.1 Å². The van der Waals surface area contributed by atoms with E-state index in [9.17, 15) is 4.79 Å². The van der Waals surface area contributed by atoms with Gasteiger partial charge in [0.1, 0.15) is 11.6 Å². The monoisotopic (exact) mass is 364 g/mol. The van der Waals surface area contributed by atoms with Gasteiger partial charge in [-0.05, 0) is 48.7 Å². The first kappa shape index (κ1) is 17.4. The average Bonchev–Trinajstić information content (AvgIpc) is 3.03. The normalized spacial score (nSPS) is 14.2. The fourth-order valence-corrected chi connectivity index (χ4v) is 3.37. The molecule has 140 valence electrons. The standard InChI is InChI=1S/C21H24N4O2/c1-14-3-8-18-19(11-14)24-20(23-18)16-12-25(13-16)21(26)22-10-9-15-4-6-17(27-2)7-5-15/h3-8,11,16H,9-10,12-13H2,1-2H3,(H,22,26)(H,23,24). The van der Waals surface area contributed by atoms with Crippen molar-refractivity contribution in [2.45, 2.75) is 19.3 Å². The number of benzene rings is 2. The molecule has 1 aromatic heterocycles. The number of rotatable bonds is 5. The second-order valence-corrected chi connectivity index (χ2v) is 7.07. The molecule has 0 bridgehead atoms. The minimum absolute atomic E-state index is 0.00767. The van der Waals surface area contributed by atoms with Crippen LogP contribution in [-0.2, 0) is 6.42 Å². The quantitative estimate of drug-likeness (QED) is 0.730. The Balaban J connectivity index is 1.25. The van der Waals surface area contributed by atoms with Crippen molar-refractivity contribution in [2.24, 2.45) is 0 Å². The van der Waals surface area contributed by atoms with Crippen LogP contribution in [0.1, 0.15) is 22.9 Å². The molecular formula is C21H24N4O2. The Kier molecular flexibility index (Phi) is 4.71. The van der Waals surface area contributed by atoms with Crippen molar-refractivity contribution < 1.29 is 9.53 Å². The molecule has 4 rings (SSSR count). The number of nitrogens with zero attached hydrogens (tertiary/aromatic N) is 2. The van der Waals surface area contributed by atoms with Crippen molar-refractivity contribution in [1.29, 1.82) is 0 Å². The predicted octanol–water partition coefficient (Wildman–Crippen LogP) is 3.23. The molecule has 6 heteroatoms. The third-order valence-electron chi connectivity index (χ3n) is 5.06. The van der Waals surface area contributed by atoms with E-state index in [-0.39, 0.29) is 11.9 Å². The molecule has 0 saturated carbocycles. The number of hydrogen-bond donors (Lipinski definition) is 2. The molecule has 1 fully saturated rings. The Bertz CT molecular complexity index is 942. The number of likely N-dealkylation sites (tertiary alicyclic amines) is 1. The molecule has 1 aliphatic rings. The summed E-state index contributed by atoms with van der Waals surface area (Å²) in [6.07, 6.45) is 0.802. The third-order valence-corrected chi connectivity index (χ3v) is 5.06. The maximum Gasteiger partial charge on any atom is 0.317 e. The molecule has 1 saturated heterocycles. The number of aryl methyl sites for hydroxylation is 1. The van der Waals surface area contributed by atoms with Crippen LogP contribution in [0.4, 0.5) is 4.79 Å². The highest BCUT2D eigenvalue weighted by atomic mass is 16.5. The number of aromatic amines is 1. The summed E-state index contributed by atoms with van der Waals surface area (Å²) in [5.74, 6) is 2.10. The first-order valence-electron chi connectivity index (χ1n) is 9.24. The number of hydrogen-bond acceptors (Lipinski definition) is 3. The van der Waals surface area contributed by atoms with Gasteiger partial charge in [-0.2, -0.15) is 0 Å². The van der Waals surface area contributed by atoms with E-state index < -0.39 is 0 Å². The molecule has 6 nitrogen and oxygen atoms in total. The zero-order valence-electron chi connectivity index (χ0n) is 15.7. The Labute approximate surface area is 158 Å². The Hall–Kier alpha value is -3.02. The minimum Gasteiger partial charge on any atom is -0.497 e.